The summed E-state index contributed by atoms with van der Waals surface area (Å²) < 4.78 is 0. The molecule has 0 unspecified atom stereocenters. The third-order valence-corrected chi connectivity index (χ3v) is 2.23. The van der Waals surface area contributed by atoms with Crippen LogP contribution in [0, 0.1) is 4.91 Å². The number of aldehydes is 1. The number of aliphatic hydroxyl groups excluding tert-OH is 1. The summed E-state index contributed by atoms with van der Waals surface area (Å²) in [6.45, 7) is 1.09. The van der Waals surface area contributed by atoms with Crippen molar-refractivity contribution in [3.8, 4) is 0 Å². The van der Waals surface area contributed by atoms with Crippen molar-refractivity contribution in [3.05, 3.63) is 34.7 Å². The fourth-order valence-corrected chi connectivity index (χ4v) is 1.42. The zero-order valence-corrected chi connectivity index (χ0v) is 8.87. The number of rotatable bonds is 7. The van der Waals surface area contributed by atoms with Crippen LogP contribution in [-0.4, -0.2) is 37.6 Å². The highest BCUT2D eigenvalue weighted by molar-refractivity contribution is 5.75. The molecule has 0 heterocycles. The Morgan fingerprint density at radius 2 is 1.94 bits per heavy atom. The van der Waals surface area contributed by atoms with E-state index in [9.17, 15) is 9.70 Å². The molecule has 5 heteroatoms. The normalized spacial score (nSPS) is 9.81. The maximum absolute atomic E-state index is 10.5. The van der Waals surface area contributed by atoms with Crippen molar-refractivity contribution in [1.29, 1.82) is 0 Å². The second kappa shape index (κ2) is 6.68. The van der Waals surface area contributed by atoms with Crippen molar-refractivity contribution in [2.45, 2.75) is 0 Å². The third-order valence-electron chi connectivity index (χ3n) is 2.23. The Kier molecular flexibility index (Phi) is 5.15. The average molecular weight is 222 g/mol. The first kappa shape index (κ1) is 12.3. The first-order chi connectivity index (χ1) is 7.81. The smallest absolute Gasteiger partial charge is 0.150 e. The van der Waals surface area contributed by atoms with E-state index in [1.165, 1.54) is 0 Å². The second-order valence-corrected chi connectivity index (χ2v) is 3.27. The molecule has 0 fully saturated rings. The van der Waals surface area contributed by atoms with Crippen LogP contribution in [0.4, 0.5) is 5.69 Å². The van der Waals surface area contributed by atoms with Gasteiger partial charge in [0.05, 0.1) is 13.2 Å². The van der Waals surface area contributed by atoms with Gasteiger partial charge < -0.3 is 10.0 Å². The standard InChI is InChI=1S/C11H14N2O3/c14-8-7-13(6-5-12-16)11-3-1-10(9-15)2-4-11/h1-4,9,14H,5-8H2. The minimum atomic E-state index is 0.00822. The molecule has 0 aliphatic heterocycles. The molecular weight excluding hydrogens is 208 g/mol. The number of nitroso groups, excluding NO2 is 1. The molecule has 86 valence electrons. The summed E-state index contributed by atoms with van der Waals surface area (Å²) in [7, 11) is 0. The van der Waals surface area contributed by atoms with Crippen LogP contribution in [0.25, 0.3) is 0 Å². The largest absolute Gasteiger partial charge is 0.395 e. The molecule has 0 spiro atoms. The number of carbonyl (C=O) groups is 1. The summed E-state index contributed by atoms with van der Waals surface area (Å²) in [5.74, 6) is 0. The topological polar surface area (TPSA) is 70.0 Å². The predicted octanol–water partition coefficient (Wildman–Crippen LogP) is 1.06. The van der Waals surface area contributed by atoms with Gasteiger partial charge in [0.2, 0.25) is 0 Å². The monoisotopic (exact) mass is 222 g/mol. The van der Waals surface area contributed by atoms with Gasteiger partial charge in [0.1, 0.15) is 6.29 Å². The lowest BCUT2D eigenvalue weighted by molar-refractivity contribution is 0.112. The zero-order valence-electron chi connectivity index (χ0n) is 8.87. The minimum absolute atomic E-state index is 0.00822. The molecule has 0 amide bonds. The summed E-state index contributed by atoms with van der Waals surface area (Å²) in [5.41, 5.74) is 1.46. The van der Waals surface area contributed by atoms with Crippen LogP contribution in [0.2, 0.25) is 0 Å². The van der Waals surface area contributed by atoms with Gasteiger partial charge in [-0.05, 0) is 24.3 Å². The van der Waals surface area contributed by atoms with Crippen LogP contribution in [0.15, 0.2) is 29.4 Å². The quantitative estimate of drug-likeness (QED) is 0.553. The molecule has 1 aromatic rings. The maximum atomic E-state index is 10.5. The summed E-state index contributed by atoms with van der Waals surface area (Å²) in [5, 5.41) is 11.7. The van der Waals surface area contributed by atoms with E-state index in [1.807, 2.05) is 4.90 Å². The Hall–Kier alpha value is -1.75. The number of nitrogens with zero attached hydrogens (tertiary/aromatic N) is 2. The Labute approximate surface area is 93.7 Å². The Balaban J connectivity index is 2.74. The number of hydrogen-bond donors (Lipinski definition) is 1. The highest BCUT2D eigenvalue weighted by atomic mass is 16.3. The fourth-order valence-electron chi connectivity index (χ4n) is 1.42. The number of anilines is 1. The highest BCUT2D eigenvalue weighted by Crippen LogP contribution is 2.14. The molecule has 0 saturated heterocycles. The molecule has 0 aromatic heterocycles. The van der Waals surface area contributed by atoms with Crippen LogP contribution >= 0.6 is 0 Å². The second-order valence-electron chi connectivity index (χ2n) is 3.27. The first-order valence-electron chi connectivity index (χ1n) is 5.02. The lowest BCUT2D eigenvalue weighted by Crippen LogP contribution is -2.29. The van der Waals surface area contributed by atoms with E-state index in [0.29, 0.717) is 18.7 Å². The summed E-state index contributed by atoms with van der Waals surface area (Å²) >= 11 is 0. The molecule has 0 aliphatic carbocycles. The summed E-state index contributed by atoms with van der Waals surface area (Å²) in [6, 6.07) is 6.95. The van der Waals surface area contributed by atoms with Crippen molar-refractivity contribution in [2.75, 3.05) is 31.1 Å². The number of hydrogen-bond acceptors (Lipinski definition) is 5. The summed E-state index contributed by atoms with van der Waals surface area (Å²) in [6.07, 6.45) is 0.771. The van der Waals surface area contributed by atoms with Gasteiger partial charge in [0.25, 0.3) is 0 Å². The fraction of sp³-hybridized carbons (Fsp3) is 0.364. The molecule has 1 N–H and O–H groups in total. The van der Waals surface area contributed by atoms with E-state index in [-0.39, 0.29) is 13.2 Å². The molecule has 0 atom stereocenters. The molecule has 0 aliphatic rings. The van der Waals surface area contributed by atoms with Crippen LogP contribution in [0.1, 0.15) is 10.4 Å². The molecule has 0 bridgehead atoms. The highest BCUT2D eigenvalue weighted by Gasteiger charge is 2.05. The first-order valence-corrected chi connectivity index (χ1v) is 5.02. The Bertz CT molecular complexity index is 338. The predicted molar refractivity (Wildman–Crippen MR) is 61.8 cm³/mol. The molecule has 1 aromatic carbocycles. The van der Waals surface area contributed by atoms with E-state index < -0.39 is 0 Å². The minimum Gasteiger partial charge on any atom is -0.395 e. The van der Waals surface area contributed by atoms with Gasteiger partial charge in [0, 0.05) is 24.3 Å². The van der Waals surface area contributed by atoms with Crippen molar-refractivity contribution < 1.29 is 9.90 Å². The summed E-state index contributed by atoms with van der Waals surface area (Å²) in [4.78, 5) is 22.4. The lowest BCUT2D eigenvalue weighted by Gasteiger charge is -2.22. The molecule has 0 saturated carbocycles. The third kappa shape index (κ3) is 3.43. The van der Waals surface area contributed by atoms with Gasteiger partial charge in [-0.25, -0.2) is 0 Å². The SMILES string of the molecule is O=Cc1ccc(N(CCO)CCN=O)cc1. The van der Waals surface area contributed by atoms with Gasteiger partial charge in [-0.2, -0.15) is 4.91 Å². The molecule has 16 heavy (non-hydrogen) atoms. The Morgan fingerprint density at radius 1 is 1.25 bits per heavy atom. The molecule has 0 radical (unpaired) electrons. The molecule has 1 rings (SSSR count). The van der Waals surface area contributed by atoms with Gasteiger partial charge >= 0.3 is 0 Å². The van der Waals surface area contributed by atoms with Crippen molar-refractivity contribution >= 4 is 12.0 Å². The van der Waals surface area contributed by atoms with E-state index >= 15 is 0 Å². The lowest BCUT2D eigenvalue weighted by atomic mass is 10.2. The van der Waals surface area contributed by atoms with Crippen LogP contribution < -0.4 is 4.90 Å². The Morgan fingerprint density at radius 3 is 2.44 bits per heavy atom. The van der Waals surface area contributed by atoms with Gasteiger partial charge in [-0.1, -0.05) is 5.18 Å². The van der Waals surface area contributed by atoms with Crippen molar-refractivity contribution in [2.24, 2.45) is 5.18 Å². The number of carbonyl (C=O) groups excluding carboxylic acids is 1. The number of aliphatic hydroxyl groups is 1. The van der Waals surface area contributed by atoms with E-state index in [4.69, 9.17) is 5.11 Å². The van der Waals surface area contributed by atoms with E-state index in [0.717, 1.165) is 12.0 Å². The van der Waals surface area contributed by atoms with Crippen LogP contribution in [0.3, 0.4) is 0 Å². The van der Waals surface area contributed by atoms with Gasteiger partial charge in [-0.3, -0.25) is 4.79 Å². The van der Waals surface area contributed by atoms with Gasteiger partial charge in [0.15, 0.2) is 0 Å². The zero-order chi connectivity index (χ0) is 11.8. The average Bonchev–Trinajstić information content (AvgIpc) is 2.35. The van der Waals surface area contributed by atoms with E-state index in [1.54, 1.807) is 24.3 Å². The van der Waals surface area contributed by atoms with Crippen LogP contribution in [0.5, 0.6) is 0 Å². The molecular formula is C11H14N2O3. The van der Waals surface area contributed by atoms with Crippen molar-refractivity contribution in [3.63, 3.8) is 0 Å². The maximum Gasteiger partial charge on any atom is 0.150 e. The van der Waals surface area contributed by atoms with Crippen LogP contribution in [-0.2, 0) is 0 Å². The van der Waals surface area contributed by atoms with E-state index in [2.05, 4.69) is 5.18 Å². The molecule has 5 nitrogen and oxygen atoms in total. The van der Waals surface area contributed by atoms with Crippen molar-refractivity contribution in [1.82, 2.24) is 0 Å². The number of benzene rings is 1. The van der Waals surface area contributed by atoms with Gasteiger partial charge in [-0.15, -0.1) is 0 Å².